The Labute approximate surface area is 102 Å². The largest absolute Gasteiger partial charge is 0.374 e. The lowest BCUT2D eigenvalue weighted by Crippen LogP contribution is -2.06. The van der Waals surface area contributed by atoms with Crippen molar-refractivity contribution in [3.63, 3.8) is 0 Å². The van der Waals surface area contributed by atoms with E-state index in [1.54, 1.807) is 11.3 Å². The fourth-order valence-corrected chi connectivity index (χ4v) is 2.69. The van der Waals surface area contributed by atoms with Crippen LogP contribution in [0.2, 0.25) is 0 Å². The number of rotatable bonds is 7. The van der Waals surface area contributed by atoms with Gasteiger partial charge in [-0.25, -0.2) is 4.98 Å². The van der Waals surface area contributed by atoms with Crippen molar-refractivity contribution in [1.29, 1.82) is 0 Å². The molecule has 1 heterocycles. The summed E-state index contributed by atoms with van der Waals surface area (Å²) < 4.78 is 5.52. The lowest BCUT2D eigenvalue weighted by atomic mass is 10.1. The Bertz CT molecular complexity index is 310. The molecule has 0 spiro atoms. The highest BCUT2D eigenvalue weighted by molar-refractivity contribution is 7.11. The molecule has 0 fully saturated rings. The Hall–Kier alpha value is -0.450. The molecular weight excluding hydrogens is 220 g/mol. The molecule has 1 aromatic rings. The summed E-state index contributed by atoms with van der Waals surface area (Å²) in [6.45, 7) is 8.86. The van der Waals surface area contributed by atoms with Crippen LogP contribution >= 0.6 is 11.3 Å². The maximum Gasteiger partial charge on any atom is 0.119 e. The van der Waals surface area contributed by atoms with E-state index in [0.29, 0.717) is 12.5 Å². The Morgan fingerprint density at radius 3 is 2.75 bits per heavy atom. The zero-order chi connectivity index (χ0) is 12.0. The van der Waals surface area contributed by atoms with Crippen molar-refractivity contribution < 1.29 is 4.74 Å². The molecule has 1 rings (SSSR count). The molecule has 0 aliphatic carbocycles. The Morgan fingerprint density at radius 1 is 1.44 bits per heavy atom. The van der Waals surface area contributed by atoms with Crippen molar-refractivity contribution in [2.24, 2.45) is 0 Å². The highest BCUT2D eigenvalue weighted by atomic mass is 32.1. The molecular formula is C12H22N2OS. The van der Waals surface area contributed by atoms with Crippen LogP contribution in [0.1, 0.15) is 48.7 Å². The van der Waals surface area contributed by atoms with Crippen molar-refractivity contribution in [2.45, 2.75) is 46.3 Å². The van der Waals surface area contributed by atoms with Crippen LogP contribution in [0, 0.1) is 0 Å². The average molecular weight is 242 g/mol. The highest BCUT2D eigenvalue weighted by Gasteiger charge is 2.13. The lowest BCUT2D eigenvalue weighted by Gasteiger charge is -2.03. The van der Waals surface area contributed by atoms with E-state index in [2.05, 4.69) is 31.1 Å². The van der Waals surface area contributed by atoms with Crippen LogP contribution in [0.4, 0.5) is 0 Å². The standard InChI is InChI=1S/C12H22N2OS/c1-5-6-15-8-11-14-12(9(2)3)10(16-11)7-13-4/h9,13H,5-8H2,1-4H3. The number of ether oxygens (including phenoxy) is 1. The van der Waals surface area contributed by atoms with E-state index >= 15 is 0 Å². The zero-order valence-electron chi connectivity index (χ0n) is 10.7. The molecule has 0 atom stereocenters. The van der Waals surface area contributed by atoms with Crippen molar-refractivity contribution in [1.82, 2.24) is 10.3 Å². The van der Waals surface area contributed by atoms with E-state index in [0.717, 1.165) is 24.6 Å². The van der Waals surface area contributed by atoms with E-state index in [1.807, 2.05) is 7.05 Å². The third kappa shape index (κ3) is 3.85. The molecule has 0 bridgehead atoms. The lowest BCUT2D eigenvalue weighted by molar-refractivity contribution is 0.121. The van der Waals surface area contributed by atoms with Gasteiger partial charge < -0.3 is 10.1 Å². The summed E-state index contributed by atoms with van der Waals surface area (Å²) in [7, 11) is 1.97. The second kappa shape index (κ2) is 6.99. The predicted octanol–water partition coefficient (Wildman–Crippen LogP) is 2.91. The smallest absolute Gasteiger partial charge is 0.119 e. The van der Waals surface area contributed by atoms with Gasteiger partial charge in [0.2, 0.25) is 0 Å². The molecule has 0 saturated heterocycles. The predicted molar refractivity (Wildman–Crippen MR) is 68.9 cm³/mol. The summed E-state index contributed by atoms with van der Waals surface area (Å²) in [6, 6.07) is 0. The minimum Gasteiger partial charge on any atom is -0.374 e. The van der Waals surface area contributed by atoms with Gasteiger partial charge in [0, 0.05) is 18.0 Å². The van der Waals surface area contributed by atoms with Gasteiger partial charge in [0.15, 0.2) is 0 Å². The number of thiazole rings is 1. The number of hydrogen-bond donors (Lipinski definition) is 1. The molecule has 0 saturated carbocycles. The van der Waals surface area contributed by atoms with Gasteiger partial charge in [0.05, 0.1) is 12.3 Å². The minimum absolute atomic E-state index is 0.486. The molecule has 16 heavy (non-hydrogen) atoms. The zero-order valence-corrected chi connectivity index (χ0v) is 11.5. The monoisotopic (exact) mass is 242 g/mol. The van der Waals surface area contributed by atoms with Crippen molar-refractivity contribution in [3.05, 3.63) is 15.6 Å². The van der Waals surface area contributed by atoms with Crippen LogP contribution in [0.5, 0.6) is 0 Å². The number of aromatic nitrogens is 1. The van der Waals surface area contributed by atoms with Crippen LogP contribution in [-0.4, -0.2) is 18.6 Å². The van der Waals surface area contributed by atoms with Crippen molar-refractivity contribution in [2.75, 3.05) is 13.7 Å². The maximum atomic E-state index is 5.52. The van der Waals surface area contributed by atoms with Gasteiger partial charge in [-0.15, -0.1) is 11.3 Å². The molecule has 0 amide bonds. The number of nitrogens with one attached hydrogen (secondary N) is 1. The van der Waals surface area contributed by atoms with Crippen LogP contribution in [0.15, 0.2) is 0 Å². The summed E-state index contributed by atoms with van der Waals surface area (Å²) in [4.78, 5) is 5.99. The number of hydrogen-bond acceptors (Lipinski definition) is 4. The van der Waals surface area contributed by atoms with E-state index in [1.165, 1.54) is 10.6 Å². The minimum atomic E-state index is 0.486. The van der Waals surface area contributed by atoms with Gasteiger partial charge in [-0.05, 0) is 19.4 Å². The first-order valence-electron chi connectivity index (χ1n) is 5.89. The molecule has 0 aliphatic rings. The molecule has 0 aliphatic heterocycles. The molecule has 1 N–H and O–H groups in total. The summed E-state index contributed by atoms with van der Waals surface area (Å²) in [6.07, 6.45) is 1.06. The van der Waals surface area contributed by atoms with E-state index in [9.17, 15) is 0 Å². The molecule has 0 unspecified atom stereocenters. The first kappa shape index (κ1) is 13.6. The molecule has 0 aromatic carbocycles. The molecule has 0 radical (unpaired) electrons. The normalized spacial score (nSPS) is 11.3. The molecule has 1 aromatic heterocycles. The third-order valence-corrected chi connectivity index (χ3v) is 3.27. The highest BCUT2D eigenvalue weighted by Crippen LogP contribution is 2.25. The van der Waals surface area contributed by atoms with Crippen LogP contribution in [-0.2, 0) is 17.9 Å². The van der Waals surface area contributed by atoms with Gasteiger partial charge in [0.25, 0.3) is 0 Å². The average Bonchev–Trinajstić information content (AvgIpc) is 2.62. The van der Waals surface area contributed by atoms with Crippen LogP contribution < -0.4 is 5.32 Å². The first-order valence-corrected chi connectivity index (χ1v) is 6.71. The van der Waals surface area contributed by atoms with Gasteiger partial charge in [-0.1, -0.05) is 20.8 Å². The van der Waals surface area contributed by atoms with Gasteiger partial charge in [-0.2, -0.15) is 0 Å². The van der Waals surface area contributed by atoms with Crippen LogP contribution in [0.25, 0.3) is 0 Å². The second-order valence-electron chi connectivity index (χ2n) is 4.15. The van der Waals surface area contributed by atoms with Crippen molar-refractivity contribution in [3.8, 4) is 0 Å². The van der Waals surface area contributed by atoms with E-state index < -0.39 is 0 Å². The van der Waals surface area contributed by atoms with E-state index in [-0.39, 0.29) is 0 Å². The Balaban J connectivity index is 2.68. The third-order valence-electron chi connectivity index (χ3n) is 2.23. The summed E-state index contributed by atoms with van der Waals surface area (Å²) >= 11 is 1.76. The SMILES string of the molecule is CCCOCc1nc(C(C)C)c(CNC)s1. The summed E-state index contributed by atoms with van der Waals surface area (Å²) in [5.74, 6) is 0.486. The van der Waals surface area contributed by atoms with Gasteiger partial charge in [-0.3, -0.25) is 0 Å². The topological polar surface area (TPSA) is 34.1 Å². The first-order chi connectivity index (χ1) is 7.69. The summed E-state index contributed by atoms with van der Waals surface area (Å²) in [5.41, 5.74) is 1.22. The fourth-order valence-electron chi connectivity index (χ4n) is 1.52. The van der Waals surface area contributed by atoms with Crippen LogP contribution in [0.3, 0.4) is 0 Å². The fraction of sp³-hybridized carbons (Fsp3) is 0.750. The molecule has 92 valence electrons. The number of nitrogens with zero attached hydrogens (tertiary/aromatic N) is 1. The van der Waals surface area contributed by atoms with Gasteiger partial charge in [0.1, 0.15) is 5.01 Å². The molecule has 3 nitrogen and oxygen atoms in total. The summed E-state index contributed by atoms with van der Waals surface area (Å²) in [5, 5.41) is 4.29. The van der Waals surface area contributed by atoms with Crippen molar-refractivity contribution >= 4 is 11.3 Å². The Morgan fingerprint density at radius 2 is 2.19 bits per heavy atom. The maximum absolute atomic E-state index is 5.52. The second-order valence-corrected chi connectivity index (χ2v) is 5.32. The molecule has 4 heteroatoms. The Kier molecular flexibility index (Phi) is 5.95. The van der Waals surface area contributed by atoms with Gasteiger partial charge >= 0.3 is 0 Å². The quantitative estimate of drug-likeness (QED) is 0.747. The van der Waals surface area contributed by atoms with E-state index in [4.69, 9.17) is 4.74 Å².